The van der Waals surface area contributed by atoms with Crippen LogP contribution < -0.4 is 10.1 Å². The molecule has 0 saturated heterocycles. The van der Waals surface area contributed by atoms with Crippen molar-refractivity contribution < 1.29 is 4.74 Å². The third-order valence-electron chi connectivity index (χ3n) is 3.32. The lowest BCUT2D eigenvalue weighted by molar-refractivity contribution is 0.415. The van der Waals surface area contributed by atoms with Crippen molar-refractivity contribution in [2.24, 2.45) is 0 Å². The van der Waals surface area contributed by atoms with E-state index in [1.807, 2.05) is 54.6 Å². The minimum atomic E-state index is 0.733. The number of aromatic amines is 1. The molecule has 0 aliphatic carbocycles. The second kappa shape index (κ2) is 6.76. The molecule has 3 aromatic rings. The molecular formula is C17H18N4O. The first-order valence-corrected chi connectivity index (χ1v) is 7.20. The number of anilines is 1. The van der Waals surface area contributed by atoms with Gasteiger partial charge in [-0.2, -0.15) is 5.10 Å². The van der Waals surface area contributed by atoms with Gasteiger partial charge in [0.25, 0.3) is 0 Å². The molecule has 1 heterocycles. The standard InChI is InChI=1S/C17H18N4O/c1-22-15-9-5-8-14(12-15)18-11-10-16-19-17(21-20-16)13-6-3-2-4-7-13/h2-9,12,18H,10-11H2,1H3,(H,19,20,21). The molecule has 0 aliphatic heterocycles. The first kappa shape index (κ1) is 14.1. The monoisotopic (exact) mass is 294 g/mol. The smallest absolute Gasteiger partial charge is 0.181 e. The molecule has 2 aromatic carbocycles. The van der Waals surface area contributed by atoms with Gasteiger partial charge in [-0.3, -0.25) is 5.10 Å². The Labute approximate surface area is 129 Å². The Bertz CT molecular complexity index is 724. The Morgan fingerprint density at radius 3 is 2.77 bits per heavy atom. The minimum absolute atomic E-state index is 0.733. The molecule has 0 bridgehead atoms. The predicted octanol–water partition coefficient (Wildman–Crippen LogP) is 3.13. The van der Waals surface area contributed by atoms with Crippen LogP contribution in [0, 0.1) is 0 Å². The first-order chi connectivity index (χ1) is 10.8. The number of ether oxygens (including phenoxy) is 1. The third-order valence-corrected chi connectivity index (χ3v) is 3.32. The summed E-state index contributed by atoms with van der Waals surface area (Å²) >= 11 is 0. The Morgan fingerprint density at radius 2 is 1.95 bits per heavy atom. The van der Waals surface area contributed by atoms with E-state index >= 15 is 0 Å². The van der Waals surface area contributed by atoms with E-state index in [1.165, 1.54) is 0 Å². The van der Waals surface area contributed by atoms with Gasteiger partial charge in [-0.15, -0.1) is 0 Å². The number of nitrogens with zero attached hydrogens (tertiary/aromatic N) is 2. The van der Waals surface area contributed by atoms with Crippen molar-refractivity contribution in [1.82, 2.24) is 15.2 Å². The van der Waals surface area contributed by atoms with Crippen molar-refractivity contribution in [2.75, 3.05) is 19.0 Å². The highest BCUT2D eigenvalue weighted by atomic mass is 16.5. The molecule has 0 aliphatic rings. The number of hydrogen-bond donors (Lipinski definition) is 2. The van der Waals surface area contributed by atoms with Gasteiger partial charge in [0.05, 0.1) is 7.11 Å². The highest BCUT2D eigenvalue weighted by Crippen LogP contribution is 2.17. The molecule has 0 radical (unpaired) electrons. The number of benzene rings is 2. The second-order valence-electron chi connectivity index (χ2n) is 4.88. The maximum absolute atomic E-state index is 5.20. The van der Waals surface area contributed by atoms with Gasteiger partial charge in [-0.05, 0) is 12.1 Å². The summed E-state index contributed by atoms with van der Waals surface area (Å²) in [6.45, 7) is 0.774. The van der Waals surface area contributed by atoms with Gasteiger partial charge < -0.3 is 10.1 Å². The van der Waals surface area contributed by atoms with Crippen molar-refractivity contribution in [1.29, 1.82) is 0 Å². The van der Waals surface area contributed by atoms with Crippen molar-refractivity contribution in [3.63, 3.8) is 0 Å². The number of methoxy groups -OCH3 is 1. The molecule has 0 amide bonds. The van der Waals surface area contributed by atoms with E-state index in [0.717, 1.165) is 41.6 Å². The third kappa shape index (κ3) is 3.44. The lowest BCUT2D eigenvalue weighted by atomic mass is 10.2. The summed E-state index contributed by atoms with van der Waals surface area (Å²) in [4.78, 5) is 4.51. The van der Waals surface area contributed by atoms with Crippen molar-refractivity contribution in [3.8, 4) is 17.1 Å². The molecule has 5 nitrogen and oxygen atoms in total. The number of nitrogens with one attached hydrogen (secondary N) is 2. The molecule has 1 aromatic heterocycles. The normalized spacial score (nSPS) is 10.4. The van der Waals surface area contributed by atoms with Crippen LogP contribution in [0.1, 0.15) is 5.82 Å². The Balaban J connectivity index is 1.57. The fourth-order valence-electron chi connectivity index (χ4n) is 2.18. The quantitative estimate of drug-likeness (QED) is 0.733. The van der Waals surface area contributed by atoms with Crippen molar-refractivity contribution in [3.05, 3.63) is 60.4 Å². The summed E-state index contributed by atoms with van der Waals surface area (Å²) in [5, 5.41) is 10.6. The molecule has 0 spiro atoms. The molecule has 0 unspecified atom stereocenters. The molecule has 0 atom stereocenters. The van der Waals surface area contributed by atoms with Crippen LogP contribution in [0.25, 0.3) is 11.4 Å². The van der Waals surface area contributed by atoms with Crippen LogP contribution in [0.3, 0.4) is 0 Å². The summed E-state index contributed by atoms with van der Waals surface area (Å²) in [7, 11) is 1.67. The fraction of sp³-hybridized carbons (Fsp3) is 0.176. The topological polar surface area (TPSA) is 62.8 Å². The molecule has 3 rings (SSSR count). The Kier molecular flexibility index (Phi) is 4.34. The first-order valence-electron chi connectivity index (χ1n) is 7.20. The lowest BCUT2D eigenvalue weighted by Gasteiger charge is -2.06. The van der Waals surface area contributed by atoms with E-state index in [9.17, 15) is 0 Å². The van der Waals surface area contributed by atoms with Crippen LogP contribution in [0.5, 0.6) is 5.75 Å². The van der Waals surface area contributed by atoms with E-state index in [2.05, 4.69) is 20.5 Å². The molecule has 5 heteroatoms. The molecule has 0 saturated carbocycles. The zero-order chi connectivity index (χ0) is 15.2. The van der Waals surface area contributed by atoms with Gasteiger partial charge in [-0.25, -0.2) is 4.98 Å². The zero-order valence-electron chi connectivity index (χ0n) is 12.4. The summed E-state index contributed by atoms with van der Waals surface area (Å²) in [5.41, 5.74) is 2.05. The maximum atomic E-state index is 5.20. The van der Waals surface area contributed by atoms with Gasteiger partial charge >= 0.3 is 0 Å². The van der Waals surface area contributed by atoms with Gasteiger partial charge in [0.15, 0.2) is 5.82 Å². The van der Waals surface area contributed by atoms with Crippen molar-refractivity contribution >= 4 is 5.69 Å². The van der Waals surface area contributed by atoms with Crippen molar-refractivity contribution in [2.45, 2.75) is 6.42 Å². The highest BCUT2D eigenvalue weighted by molar-refractivity contribution is 5.54. The second-order valence-corrected chi connectivity index (χ2v) is 4.88. The van der Waals surface area contributed by atoms with Gasteiger partial charge in [0.1, 0.15) is 11.6 Å². The van der Waals surface area contributed by atoms with Crippen LogP contribution in [-0.4, -0.2) is 28.8 Å². The summed E-state index contributed by atoms with van der Waals surface area (Å²) in [6.07, 6.45) is 0.775. The van der Waals surface area contributed by atoms with Crippen LogP contribution in [0.4, 0.5) is 5.69 Å². The van der Waals surface area contributed by atoms with Crippen LogP contribution in [-0.2, 0) is 6.42 Å². The number of H-pyrrole nitrogens is 1. The van der Waals surface area contributed by atoms with E-state index < -0.39 is 0 Å². The van der Waals surface area contributed by atoms with Gasteiger partial charge in [-0.1, -0.05) is 36.4 Å². The van der Waals surface area contributed by atoms with E-state index in [-0.39, 0.29) is 0 Å². The number of rotatable bonds is 6. The Morgan fingerprint density at radius 1 is 1.09 bits per heavy atom. The largest absolute Gasteiger partial charge is 0.497 e. The number of hydrogen-bond acceptors (Lipinski definition) is 4. The van der Waals surface area contributed by atoms with Crippen LogP contribution in [0.15, 0.2) is 54.6 Å². The fourth-order valence-corrected chi connectivity index (χ4v) is 2.18. The molecular weight excluding hydrogens is 276 g/mol. The predicted molar refractivity (Wildman–Crippen MR) is 87.0 cm³/mol. The molecule has 0 fully saturated rings. The molecule has 22 heavy (non-hydrogen) atoms. The molecule has 2 N–H and O–H groups in total. The zero-order valence-corrected chi connectivity index (χ0v) is 12.4. The average Bonchev–Trinajstić information content (AvgIpc) is 3.05. The minimum Gasteiger partial charge on any atom is -0.497 e. The summed E-state index contributed by atoms with van der Waals surface area (Å²) in [5.74, 6) is 2.45. The average molecular weight is 294 g/mol. The number of aromatic nitrogens is 3. The van der Waals surface area contributed by atoms with E-state index in [0.29, 0.717) is 0 Å². The lowest BCUT2D eigenvalue weighted by Crippen LogP contribution is -2.06. The van der Waals surface area contributed by atoms with Crippen LogP contribution >= 0.6 is 0 Å². The maximum Gasteiger partial charge on any atom is 0.181 e. The summed E-state index contributed by atoms with van der Waals surface area (Å²) < 4.78 is 5.20. The van der Waals surface area contributed by atoms with E-state index in [4.69, 9.17) is 4.74 Å². The molecule has 112 valence electrons. The SMILES string of the molecule is COc1cccc(NCCc2nc(-c3ccccc3)n[nH]2)c1. The van der Waals surface area contributed by atoms with Gasteiger partial charge in [0, 0.05) is 30.3 Å². The summed E-state index contributed by atoms with van der Waals surface area (Å²) in [6, 6.07) is 17.8. The van der Waals surface area contributed by atoms with Gasteiger partial charge in [0.2, 0.25) is 0 Å². The van der Waals surface area contributed by atoms with Crippen LogP contribution in [0.2, 0.25) is 0 Å². The highest BCUT2D eigenvalue weighted by Gasteiger charge is 2.05. The Hall–Kier alpha value is -2.82. The van der Waals surface area contributed by atoms with E-state index in [1.54, 1.807) is 7.11 Å².